The second-order valence-corrected chi connectivity index (χ2v) is 11.9. The second kappa shape index (κ2) is 17.2. The third kappa shape index (κ3) is 10.5. The van der Waals surface area contributed by atoms with Crippen LogP contribution in [0.25, 0.3) is 11.1 Å². The summed E-state index contributed by atoms with van der Waals surface area (Å²) in [6, 6.07) is 24.0. The molecule has 4 N–H and O–H groups in total. The zero-order valence-corrected chi connectivity index (χ0v) is 25.1. The number of carbonyl (C=O) groups excluding carboxylic acids is 1. The number of carboxylic acids is 1. The van der Waals surface area contributed by atoms with Gasteiger partial charge in [0, 0.05) is 42.9 Å². The molecular weight excluding hydrogens is 566 g/mol. The number of benzene rings is 3. The lowest BCUT2D eigenvalue weighted by atomic mass is 9.99. The van der Waals surface area contributed by atoms with Crippen molar-refractivity contribution in [3.05, 3.63) is 95.1 Å². The number of thioether (sulfide) groups is 1. The zero-order chi connectivity index (χ0) is 30.4. The largest absolute Gasteiger partial charge is 0.481 e. The molecule has 3 aromatic carbocycles. The molecule has 0 radical (unpaired) electrons. The Morgan fingerprint density at radius 1 is 0.837 bits per heavy atom. The number of rotatable bonds is 16. The number of carboxylic acid groups (broad SMARTS) is 1. The molecule has 0 bridgehead atoms. The van der Waals surface area contributed by atoms with Gasteiger partial charge in [0.2, 0.25) is 5.91 Å². The number of amides is 1. The summed E-state index contributed by atoms with van der Waals surface area (Å²) in [7, 11) is 0. The SMILES string of the molecule is O=C(O)CCCCCC(=O)NCc1cccc(-c2cccc([C@H]3O[C@@H](CSCCO)C[C@@H](c4ccc(CO)cc4)O3)c2)c1. The van der Waals surface area contributed by atoms with Crippen molar-refractivity contribution >= 4 is 23.6 Å². The summed E-state index contributed by atoms with van der Waals surface area (Å²) in [6.45, 7) is 0.539. The minimum atomic E-state index is -0.805. The fraction of sp³-hybridized carbons (Fsp3) is 0.412. The molecule has 1 amide bonds. The molecule has 3 aromatic rings. The molecule has 3 atom stereocenters. The molecule has 8 nitrogen and oxygen atoms in total. The first-order valence-electron chi connectivity index (χ1n) is 14.8. The lowest BCUT2D eigenvalue weighted by Crippen LogP contribution is -2.31. The highest BCUT2D eigenvalue weighted by atomic mass is 32.2. The molecule has 43 heavy (non-hydrogen) atoms. The summed E-state index contributed by atoms with van der Waals surface area (Å²) >= 11 is 1.66. The third-order valence-corrected chi connectivity index (χ3v) is 8.44. The minimum Gasteiger partial charge on any atom is -0.481 e. The highest BCUT2D eigenvalue weighted by Crippen LogP contribution is 2.39. The highest BCUT2D eigenvalue weighted by molar-refractivity contribution is 7.99. The number of hydrogen-bond donors (Lipinski definition) is 4. The van der Waals surface area contributed by atoms with Gasteiger partial charge in [-0.05, 0) is 52.8 Å². The molecule has 9 heteroatoms. The number of ether oxygens (including phenoxy) is 2. The van der Waals surface area contributed by atoms with Crippen LogP contribution in [-0.4, -0.2) is 51.4 Å². The van der Waals surface area contributed by atoms with E-state index in [2.05, 4.69) is 17.4 Å². The van der Waals surface area contributed by atoms with Gasteiger partial charge >= 0.3 is 5.97 Å². The van der Waals surface area contributed by atoms with Crippen molar-refractivity contribution in [1.82, 2.24) is 5.32 Å². The van der Waals surface area contributed by atoms with E-state index in [4.69, 9.17) is 14.6 Å². The van der Waals surface area contributed by atoms with Crippen molar-refractivity contribution in [2.75, 3.05) is 18.1 Å². The van der Waals surface area contributed by atoms with Crippen LogP contribution in [0.4, 0.5) is 0 Å². The molecule has 0 aromatic heterocycles. The fourth-order valence-electron chi connectivity index (χ4n) is 5.06. The van der Waals surface area contributed by atoms with Crippen molar-refractivity contribution < 1.29 is 34.4 Å². The predicted octanol–water partition coefficient (Wildman–Crippen LogP) is 5.77. The van der Waals surface area contributed by atoms with E-state index in [9.17, 15) is 19.8 Å². The number of carbonyl (C=O) groups is 2. The number of aliphatic hydroxyl groups excluding tert-OH is 2. The Balaban J connectivity index is 1.42. The van der Waals surface area contributed by atoms with Crippen LogP contribution in [0.5, 0.6) is 0 Å². The second-order valence-electron chi connectivity index (χ2n) is 10.7. The number of aliphatic carboxylic acids is 1. The molecule has 0 aliphatic carbocycles. The summed E-state index contributed by atoms with van der Waals surface area (Å²) in [4.78, 5) is 22.9. The summed E-state index contributed by atoms with van der Waals surface area (Å²) in [6.07, 6.45) is 2.42. The predicted molar refractivity (Wildman–Crippen MR) is 167 cm³/mol. The number of unbranched alkanes of at least 4 members (excludes halogenated alkanes) is 2. The summed E-state index contributed by atoms with van der Waals surface area (Å²) in [5.41, 5.74) is 5.81. The van der Waals surface area contributed by atoms with Crippen LogP contribution in [0, 0.1) is 0 Å². The molecule has 1 heterocycles. The van der Waals surface area contributed by atoms with Gasteiger partial charge in [-0.2, -0.15) is 11.8 Å². The molecule has 0 saturated carbocycles. The average Bonchev–Trinajstić information content (AvgIpc) is 3.04. The van der Waals surface area contributed by atoms with Crippen LogP contribution in [-0.2, 0) is 32.2 Å². The van der Waals surface area contributed by atoms with Crippen molar-refractivity contribution in [3.63, 3.8) is 0 Å². The standard InChI is InChI=1S/C34H41NO7S/c36-16-17-43-23-30-20-31(26-14-12-24(22-37)13-15-26)42-34(41-30)29-9-5-8-28(19-29)27-7-4-6-25(18-27)21-35-32(38)10-2-1-3-11-33(39)40/h4-9,12-15,18-19,30-31,34,36-37H,1-3,10-11,16-17,20-23H2,(H,35,38)(H,39,40)/t30-,31+,34+/m1/s1. The van der Waals surface area contributed by atoms with E-state index in [-0.39, 0.29) is 37.7 Å². The first-order chi connectivity index (χ1) is 20.9. The molecule has 1 aliphatic heterocycles. The first kappa shape index (κ1) is 32.7. The van der Waals surface area contributed by atoms with Gasteiger partial charge in [-0.15, -0.1) is 0 Å². The minimum absolute atomic E-state index is 0.00545. The van der Waals surface area contributed by atoms with Crippen molar-refractivity contribution in [1.29, 1.82) is 0 Å². The smallest absolute Gasteiger partial charge is 0.303 e. The molecule has 1 aliphatic rings. The number of aliphatic hydroxyl groups is 2. The zero-order valence-electron chi connectivity index (χ0n) is 24.3. The van der Waals surface area contributed by atoms with E-state index in [1.807, 2.05) is 60.7 Å². The maximum atomic E-state index is 12.3. The molecule has 0 spiro atoms. The first-order valence-corrected chi connectivity index (χ1v) is 16.0. The van der Waals surface area contributed by atoms with Crippen molar-refractivity contribution in [2.24, 2.45) is 0 Å². The fourth-order valence-corrected chi connectivity index (χ4v) is 5.83. The molecule has 1 saturated heterocycles. The van der Waals surface area contributed by atoms with Crippen molar-refractivity contribution in [3.8, 4) is 11.1 Å². The Labute approximate surface area is 257 Å². The van der Waals surface area contributed by atoms with Gasteiger partial charge < -0.3 is 30.1 Å². The van der Waals surface area contributed by atoms with Crippen LogP contribution in [0.1, 0.15) is 73.2 Å². The van der Waals surface area contributed by atoms with Crippen LogP contribution in [0.2, 0.25) is 0 Å². The maximum absolute atomic E-state index is 12.3. The summed E-state index contributed by atoms with van der Waals surface area (Å²) < 4.78 is 12.9. The lowest BCUT2D eigenvalue weighted by Gasteiger charge is -2.36. The molecule has 0 unspecified atom stereocenters. The molecule has 230 valence electrons. The third-order valence-electron chi connectivity index (χ3n) is 7.36. The average molecular weight is 608 g/mol. The number of hydrogen-bond acceptors (Lipinski definition) is 7. The molecular formula is C34H41NO7S. The number of nitrogens with one attached hydrogen (secondary N) is 1. The topological polar surface area (TPSA) is 125 Å². The van der Waals surface area contributed by atoms with Gasteiger partial charge in [0.25, 0.3) is 0 Å². The Morgan fingerprint density at radius 3 is 2.33 bits per heavy atom. The van der Waals surface area contributed by atoms with E-state index < -0.39 is 12.3 Å². The van der Waals surface area contributed by atoms with Gasteiger partial charge in [-0.25, -0.2) is 0 Å². The van der Waals surface area contributed by atoms with Crippen LogP contribution in [0.3, 0.4) is 0 Å². The molecule has 1 fully saturated rings. The quantitative estimate of drug-likeness (QED) is 0.151. The van der Waals surface area contributed by atoms with Gasteiger partial charge in [0.15, 0.2) is 6.29 Å². The highest BCUT2D eigenvalue weighted by Gasteiger charge is 2.32. The Hall–Kier alpha value is -3.21. The van der Waals surface area contributed by atoms with Gasteiger partial charge in [-0.1, -0.05) is 67.1 Å². The monoisotopic (exact) mass is 607 g/mol. The Morgan fingerprint density at radius 2 is 1.58 bits per heavy atom. The van der Waals surface area contributed by atoms with Gasteiger partial charge in [0.1, 0.15) is 0 Å². The lowest BCUT2D eigenvalue weighted by molar-refractivity contribution is -0.245. The van der Waals surface area contributed by atoms with Crippen LogP contribution >= 0.6 is 11.8 Å². The van der Waals surface area contributed by atoms with E-state index in [1.54, 1.807) is 11.8 Å². The Bertz CT molecular complexity index is 1320. The van der Waals surface area contributed by atoms with Crippen molar-refractivity contribution in [2.45, 2.75) is 70.2 Å². The van der Waals surface area contributed by atoms with E-state index in [0.29, 0.717) is 38.0 Å². The van der Waals surface area contributed by atoms with Crippen LogP contribution in [0.15, 0.2) is 72.8 Å². The summed E-state index contributed by atoms with van der Waals surface area (Å²) in [5, 5.41) is 30.4. The normalized spacial score (nSPS) is 18.3. The van der Waals surface area contributed by atoms with E-state index in [1.165, 1.54) is 0 Å². The maximum Gasteiger partial charge on any atom is 0.303 e. The Kier molecular flexibility index (Phi) is 13.1. The van der Waals surface area contributed by atoms with Crippen LogP contribution < -0.4 is 5.32 Å². The van der Waals surface area contributed by atoms with Gasteiger partial charge in [0.05, 0.1) is 25.4 Å². The molecule has 4 rings (SSSR count). The van der Waals surface area contributed by atoms with Gasteiger partial charge in [-0.3, -0.25) is 9.59 Å². The van der Waals surface area contributed by atoms with E-state index >= 15 is 0 Å². The van der Waals surface area contributed by atoms with E-state index in [0.717, 1.165) is 45.6 Å². The summed E-state index contributed by atoms with van der Waals surface area (Å²) in [5.74, 6) is 0.559.